The zero-order valence-electron chi connectivity index (χ0n) is 12.0. The number of hydrogen-bond acceptors (Lipinski definition) is 5. The lowest BCUT2D eigenvalue weighted by atomic mass is 10.1. The Morgan fingerprint density at radius 2 is 2.14 bits per heavy atom. The number of hydrogen-bond donors (Lipinski definition) is 2. The molecule has 0 spiro atoms. The second kappa shape index (κ2) is 7.29. The Hall–Kier alpha value is -2.55. The highest BCUT2D eigenvalue weighted by Crippen LogP contribution is 2.15. The number of H-pyrrole nitrogens is 1. The van der Waals surface area contributed by atoms with Crippen molar-refractivity contribution < 1.29 is 0 Å². The van der Waals surface area contributed by atoms with Gasteiger partial charge in [-0.15, -0.1) is 0 Å². The fourth-order valence-electron chi connectivity index (χ4n) is 2.31. The monoisotopic (exact) mass is 284 g/mol. The molecule has 0 aliphatic carbocycles. The Morgan fingerprint density at radius 1 is 1.38 bits per heavy atom. The normalized spacial score (nSPS) is 14.1. The van der Waals surface area contributed by atoms with E-state index >= 15 is 0 Å². The first kappa shape index (κ1) is 14.9. The predicted molar refractivity (Wildman–Crippen MR) is 83.1 cm³/mol. The molecule has 0 radical (unpaired) electrons. The van der Waals surface area contributed by atoms with Crippen molar-refractivity contribution in [2.75, 3.05) is 18.8 Å². The lowest BCUT2D eigenvalue weighted by molar-refractivity contribution is 0.283. The summed E-state index contributed by atoms with van der Waals surface area (Å²) in [4.78, 5) is 12.9. The Labute approximate surface area is 124 Å². The number of nitriles is 1. The SMILES string of the molecule is C=C(CC#N)N1CCCCC1.Nc1ncnc2[nH]ccc12. The molecule has 2 aromatic heterocycles. The van der Waals surface area contributed by atoms with Crippen molar-refractivity contribution >= 4 is 16.9 Å². The van der Waals surface area contributed by atoms with E-state index in [0.29, 0.717) is 12.2 Å². The van der Waals surface area contributed by atoms with E-state index in [0.717, 1.165) is 29.8 Å². The van der Waals surface area contributed by atoms with Gasteiger partial charge in [0.25, 0.3) is 0 Å². The summed E-state index contributed by atoms with van der Waals surface area (Å²) in [5.74, 6) is 0.520. The number of allylic oxidation sites excluding steroid dienone is 1. The zero-order valence-corrected chi connectivity index (χ0v) is 12.0. The number of aromatic amines is 1. The smallest absolute Gasteiger partial charge is 0.142 e. The summed E-state index contributed by atoms with van der Waals surface area (Å²) < 4.78 is 0. The minimum atomic E-state index is 0.486. The number of likely N-dealkylation sites (tertiary alicyclic amines) is 1. The second-order valence-corrected chi connectivity index (χ2v) is 4.95. The van der Waals surface area contributed by atoms with Gasteiger partial charge in [-0.25, -0.2) is 9.97 Å². The van der Waals surface area contributed by atoms with E-state index in [4.69, 9.17) is 11.0 Å². The van der Waals surface area contributed by atoms with Crippen molar-refractivity contribution in [1.29, 1.82) is 5.26 Å². The first-order valence-electron chi connectivity index (χ1n) is 7.05. The molecule has 6 nitrogen and oxygen atoms in total. The third-order valence-electron chi connectivity index (χ3n) is 3.47. The van der Waals surface area contributed by atoms with E-state index in [-0.39, 0.29) is 0 Å². The number of nitrogens with one attached hydrogen (secondary N) is 1. The Morgan fingerprint density at radius 3 is 2.81 bits per heavy atom. The first-order valence-corrected chi connectivity index (χ1v) is 7.05. The molecule has 1 saturated heterocycles. The van der Waals surface area contributed by atoms with Crippen molar-refractivity contribution in [3.63, 3.8) is 0 Å². The van der Waals surface area contributed by atoms with Crippen LogP contribution in [0.3, 0.4) is 0 Å². The number of piperidine rings is 1. The molecule has 1 fully saturated rings. The highest BCUT2D eigenvalue weighted by atomic mass is 15.1. The molecule has 0 aromatic carbocycles. The third-order valence-corrected chi connectivity index (χ3v) is 3.47. The average molecular weight is 284 g/mol. The molecule has 1 aliphatic rings. The molecule has 3 N–H and O–H groups in total. The molecule has 0 unspecified atom stereocenters. The molecule has 2 aromatic rings. The molecule has 0 atom stereocenters. The summed E-state index contributed by atoms with van der Waals surface area (Å²) in [5, 5.41) is 9.31. The van der Waals surface area contributed by atoms with Gasteiger partial charge in [0, 0.05) is 25.0 Å². The summed E-state index contributed by atoms with van der Waals surface area (Å²) in [6.45, 7) is 6.07. The predicted octanol–water partition coefficient (Wildman–Crippen LogP) is 2.44. The van der Waals surface area contributed by atoms with Gasteiger partial charge in [0.05, 0.1) is 17.9 Å². The Balaban J connectivity index is 0.000000154. The van der Waals surface area contributed by atoms with Crippen LogP contribution in [0.15, 0.2) is 30.9 Å². The Bertz CT molecular complexity index is 633. The number of fused-ring (bicyclic) bond motifs is 1. The number of nitrogens with two attached hydrogens (primary N) is 1. The molecule has 110 valence electrons. The maximum Gasteiger partial charge on any atom is 0.142 e. The van der Waals surface area contributed by atoms with E-state index in [1.807, 2.05) is 6.07 Å². The summed E-state index contributed by atoms with van der Waals surface area (Å²) in [6.07, 6.45) is 7.55. The third kappa shape index (κ3) is 3.96. The standard InChI is InChI=1S/C9H14N2.C6H6N4/c1-9(5-6-10)11-7-3-2-4-8-11;7-5-4-1-2-8-6(4)10-3-9-5/h1-5,7-8H2;1-3H,(H3,7,8,9,10). The number of nitrogens with zero attached hydrogens (tertiary/aromatic N) is 4. The number of aromatic nitrogens is 3. The highest BCUT2D eigenvalue weighted by Gasteiger charge is 2.10. The van der Waals surface area contributed by atoms with E-state index < -0.39 is 0 Å². The van der Waals surface area contributed by atoms with Gasteiger partial charge >= 0.3 is 0 Å². The van der Waals surface area contributed by atoms with Crippen LogP contribution in [-0.2, 0) is 0 Å². The highest BCUT2D eigenvalue weighted by molar-refractivity contribution is 5.85. The van der Waals surface area contributed by atoms with Gasteiger partial charge in [-0.2, -0.15) is 5.26 Å². The molecule has 3 heterocycles. The molecule has 1 aliphatic heterocycles. The van der Waals surface area contributed by atoms with Crippen molar-refractivity contribution in [2.24, 2.45) is 0 Å². The van der Waals surface area contributed by atoms with Crippen molar-refractivity contribution in [2.45, 2.75) is 25.7 Å². The summed E-state index contributed by atoms with van der Waals surface area (Å²) in [5.41, 5.74) is 7.31. The zero-order chi connectivity index (χ0) is 15.1. The molecular weight excluding hydrogens is 264 g/mol. The second-order valence-electron chi connectivity index (χ2n) is 4.95. The lowest BCUT2D eigenvalue weighted by Gasteiger charge is -2.29. The van der Waals surface area contributed by atoms with Crippen molar-refractivity contribution in [1.82, 2.24) is 19.9 Å². The average Bonchev–Trinajstić information content (AvgIpc) is 2.99. The molecule has 0 amide bonds. The van der Waals surface area contributed by atoms with E-state index in [9.17, 15) is 0 Å². The van der Waals surface area contributed by atoms with Crippen molar-refractivity contribution in [3.8, 4) is 6.07 Å². The van der Waals surface area contributed by atoms with Crippen LogP contribution in [0.1, 0.15) is 25.7 Å². The largest absolute Gasteiger partial charge is 0.383 e. The fourth-order valence-corrected chi connectivity index (χ4v) is 2.31. The minimum absolute atomic E-state index is 0.486. The molecule has 21 heavy (non-hydrogen) atoms. The molecule has 0 saturated carbocycles. The van der Waals surface area contributed by atoms with Crippen LogP contribution >= 0.6 is 0 Å². The van der Waals surface area contributed by atoms with Crippen LogP contribution in [-0.4, -0.2) is 32.9 Å². The molecular formula is C15H20N6. The van der Waals surface area contributed by atoms with Gasteiger partial charge in [0.1, 0.15) is 17.8 Å². The van der Waals surface area contributed by atoms with Gasteiger partial charge in [0.15, 0.2) is 0 Å². The van der Waals surface area contributed by atoms with E-state index in [2.05, 4.69) is 32.5 Å². The molecule has 3 rings (SSSR count). The number of nitrogen functional groups attached to an aromatic ring is 1. The van der Waals surface area contributed by atoms with Crippen LogP contribution < -0.4 is 5.73 Å². The van der Waals surface area contributed by atoms with Gasteiger partial charge in [0.2, 0.25) is 0 Å². The lowest BCUT2D eigenvalue weighted by Crippen LogP contribution is -2.28. The van der Waals surface area contributed by atoms with Gasteiger partial charge < -0.3 is 15.6 Å². The van der Waals surface area contributed by atoms with Gasteiger partial charge in [-0.3, -0.25) is 0 Å². The Kier molecular flexibility index (Phi) is 5.16. The number of anilines is 1. The molecule has 0 bridgehead atoms. The number of rotatable bonds is 2. The molecule has 6 heteroatoms. The summed E-state index contributed by atoms with van der Waals surface area (Å²) in [6, 6.07) is 3.98. The van der Waals surface area contributed by atoms with Gasteiger partial charge in [-0.05, 0) is 25.3 Å². The van der Waals surface area contributed by atoms with Crippen LogP contribution in [0.25, 0.3) is 11.0 Å². The maximum absolute atomic E-state index is 8.43. The topological polar surface area (TPSA) is 94.6 Å². The van der Waals surface area contributed by atoms with E-state index in [1.54, 1.807) is 6.20 Å². The van der Waals surface area contributed by atoms with Crippen LogP contribution in [0.4, 0.5) is 5.82 Å². The van der Waals surface area contributed by atoms with Crippen LogP contribution in [0, 0.1) is 11.3 Å². The van der Waals surface area contributed by atoms with Crippen molar-refractivity contribution in [3.05, 3.63) is 30.9 Å². The van der Waals surface area contributed by atoms with E-state index in [1.165, 1.54) is 25.6 Å². The summed E-state index contributed by atoms with van der Waals surface area (Å²) >= 11 is 0. The summed E-state index contributed by atoms with van der Waals surface area (Å²) in [7, 11) is 0. The maximum atomic E-state index is 8.43. The first-order chi connectivity index (χ1) is 10.2. The fraction of sp³-hybridized carbons (Fsp3) is 0.400. The van der Waals surface area contributed by atoms with Crippen LogP contribution in [0.2, 0.25) is 0 Å². The van der Waals surface area contributed by atoms with Gasteiger partial charge in [-0.1, -0.05) is 6.58 Å². The van der Waals surface area contributed by atoms with Crippen LogP contribution in [0.5, 0.6) is 0 Å². The minimum Gasteiger partial charge on any atom is -0.383 e. The quantitative estimate of drug-likeness (QED) is 0.883.